The van der Waals surface area contributed by atoms with Crippen LogP contribution in [-0.4, -0.2) is 23.0 Å². The van der Waals surface area contributed by atoms with Gasteiger partial charge in [0.2, 0.25) is 0 Å². The highest BCUT2D eigenvalue weighted by atomic mass is 35.5. The van der Waals surface area contributed by atoms with E-state index in [9.17, 15) is 9.00 Å². The molecule has 0 aliphatic heterocycles. The Bertz CT molecular complexity index is 406. The van der Waals surface area contributed by atoms with Crippen molar-refractivity contribution in [3.63, 3.8) is 0 Å². The molecule has 1 rings (SSSR count). The fraction of sp³-hybridized carbons (Fsp3) is 0.364. The summed E-state index contributed by atoms with van der Waals surface area (Å²) in [6.45, 7) is 1.68. The first-order valence-corrected chi connectivity index (χ1v) is 6.46. The molecule has 3 nitrogen and oxygen atoms in total. The number of methoxy groups -OCH3 is 1. The molecule has 1 aromatic carbocycles. The molecule has 5 heteroatoms. The molecular formula is C11H13ClO3S. The Morgan fingerprint density at radius 2 is 2.12 bits per heavy atom. The third-order valence-corrected chi connectivity index (χ3v) is 4.18. The average molecular weight is 261 g/mol. The molecule has 88 valence electrons. The molecule has 1 aromatic rings. The number of hydrogen-bond donors (Lipinski definition) is 0. The van der Waals surface area contributed by atoms with E-state index in [1.807, 2.05) is 0 Å². The molecule has 2 unspecified atom stereocenters. The Labute approximate surface area is 102 Å². The van der Waals surface area contributed by atoms with Gasteiger partial charge in [-0.25, -0.2) is 0 Å². The molecule has 0 radical (unpaired) electrons. The average Bonchev–Trinajstić information content (AvgIpc) is 2.28. The number of benzene rings is 1. The van der Waals surface area contributed by atoms with Gasteiger partial charge in [0, 0.05) is 5.75 Å². The lowest BCUT2D eigenvalue weighted by molar-refractivity contribution is -0.144. The number of carbonyl (C=O) groups is 1. The lowest BCUT2D eigenvalue weighted by Crippen LogP contribution is -2.19. The second-order valence-corrected chi connectivity index (χ2v) is 5.24. The molecule has 0 aliphatic carbocycles. The molecular weight excluding hydrogens is 248 g/mol. The molecule has 0 bridgehead atoms. The minimum Gasteiger partial charge on any atom is -0.469 e. The van der Waals surface area contributed by atoms with E-state index in [1.165, 1.54) is 7.11 Å². The first kappa shape index (κ1) is 13.2. The molecule has 0 saturated heterocycles. The summed E-state index contributed by atoms with van der Waals surface area (Å²) in [7, 11) is 0.0367. The van der Waals surface area contributed by atoms with Crippen LogP contribution in [0.3, 0.4) is 0 Å². The van der Waals surface area contributed by atoms with Gasteiger partial charge in [-0.2, -0.15) is 0 Å². The summed E-state index contributed by atoms with van der Waals surface area (Å²) in [5.74, 6) is -0.543. The summed E-state index contributed by atoms with van der Waals surface area (Å²) in [5, 5.41) is 0.456. The van der Waals surface area contributed by atoms with Crippen molar-refractivity contribution in [3.8, 4) is 0 Å². The van der Waals surface area contributed by atoms with Gasteiger partial charge in [-0.15, -0.1) is 0 Å². The summed E-state index contributed by atoms with van der Waals surface area (Å²) in [6, 6.07) is 6.91. The van der Waals surface area contributed by atoms with Crippen LogP contribution in [0.2, 0.25) is 5.02 Å². The molecule has 0 N–H and O–H groups in total. The Morgan fingerprint density at radius 3 is 2.69 bits per heavy atom. The van der Waals surface area contributed by atoms with Gasteiger partial charge in [0.25, 0.3) is 0 Å². The van der Waals surface area contributed by atoms with E-state index in [-0.39, 0.29) is 11.7 Å². The minimum atomic E-state index is -1.28. The Kier molecular flexibility index (Phi) is 4.96. The van der Waals surface area contributed by atoms with Crippen molar-refractivity contribution in [2.75, 3.05) is 12.9 Å². The van der Waals surface area contributed by atoms with Gasteiger partial charge in [-0.3, -0.25) is 9.00 Å². The predicted molar refractivity (Wildman–Crippen MR) is 63.9 cm³/mol. The second-order valence-electron chi connectivity index (χ2n) is 3.37. The summed E-state index contributed by atoms with van der Waals surface area (Å²) in [6.07, 6.45) is 0. The molecule has 0 saturated carbocycles. The van der Waals surface area contributed by atoms with Crippen LogP contribution in [0.15, 0.2) is 29.2 Å². The van der Waals surface area contributed by atoms with Crippen molar-refractivity contribution >= 4 is 28.4 Å². The maximum Gasteiger partial charge on any atom is 0.309 e. The topological polar surface area (TPSA) is 43.4 Å². The van der Waals surface area contributed by atoms with E-state index in [1.54, 1.807) is 31.2 Å². The minimum absolute atomic E-state index is 0.219. The number of ether oxygens (including phenoxy) is 1. The summed E-state index contributed by atoms with van der Waals surface area (Å²) in [5.41, 5.74) is 0. The van der Waals surface area contributed by atoms with Crippen LogP contribution in [0, 0.1) is 5.92 Å². The van der Waals surface area contributed by atoms with Crippen LogP contribution >= 0.6 is 11.6 Å². The van der Waals surface area contributed by atoms with Crippen molar-refractivity contribution in [3.05, 3.63) is 29.3 Å². The highest BCUT2D eigenvalue weighted by molar-refractivity contribution is 7.85. The van der Waals surface area contributed by atoms with Gasteiger partial charge in [0.15, 0.2) is 0 Å². The zero-order valence-electron chi connectivity index (χ0n) is 9.10. The van der Waals surface area contributed by atoms with Crippen LogP contribution in [0.5, 0.6) is 0 Å². The predicted octanol–water partition coefficient (Wildman–Crippen LogP) is 2.26. The zero-order chi connectivity index (χ0) is 12.1. The maximum absolute atomic E-state index is 11.9. The summed E-state index contributed by atoms with van der Waals surface area (Å²) in [4.78, 5) is 11.7. The fourth-order valence-corrected chi connectivity index (χ4v) is 2.89. The van der Waals surface area contributed by atoms with Gasteiger partial charge in [0.05, 0.1) is 33.7 Å². The van der Waals surface area contributed by atoms with Crippen molar-refractivity contribution in [2.24, 2.45) is 5.92 Å². The molecule has 16 heavy (non-hydrogen) atoms. The van der Waals surface area contributed by atoms with Gasteiger partial charge in [-0.1, -0.05) is 30.7 Å². The summed E-state index contributed by atoms with van der Waals surface area (Å²) >= 11 is 5.91. The molecule has 0 spiro atoms. The van der Waals surface area contributed by atoms with Crippen LogP contribution in [0.1, 0.15) is 6.92 Å². The Morgan fingerprint density at radius 1 is 1.50 bits per heavy atom. The molecule has 0 amide bonds. The van der Waals surface area contributed by atoms with Gasteiger partial charge < -0.3 is 4.74 Å². The quantitative estimate of drug-likeness (QED) is 0.780. The lowest BCUT2D eigenvalue weighted by atomic mass is 10.2. The normalized spacial score (nSPS) is 14.2. The molecule has 0 aliphatic rings. The van der Waals surface area contributed by atoms with Crippen molar-refractivity contribution < 1.29 is 13.7 Å². The first-order chi connectivity index (χ1) is 7.56. The van der Waals surface area contributed by atoms with E-state index in [0.717, 1.165) is 0 Å². The van der Waals surface area contributed by atoms with Gasteiger partial charge >= 0.3 is 5.97 Å². The highest BCUT2D eigenvalue weighted by Gasteiger charge is 2.18. The monoisotopic (exact) mass is 260 g/mol. The fourth-order valence-electron chi connectivity index (χ4n) is 1.22. The smallest absolute Gasteiger partial charge is 0.309 e. The van der Waals surface area contributed by atoms with Crippen LogP contribution in [-0.2, 0) is 20.3 Å². The third-order valence-electron chi connectivity index (χ3n) is 2.09. The molecule has 2 atom stereocenters. The van der Waals surface area contributed by atoms with E-state index >= 15 is 0 Å². The van der Waals surface area contributed by atoms with E-state index in [0.29, 0.717) is 9.92 Å². The van der Waals surface area contributed by atoms with E-state index in [2.05, 4.69) is 4.74 Å². The Balaban J connectivity index is 2.73. The van der Waals surface area contributed by atoms with Crippen molar-refractivity contribution in [1.29, 1.82) is 0 Å². The molecule has 0 aromatic heterocycles. The number of hydrogen-bond acceptors (Lipinski definition) is 3. The van der Waals surface area contributed by atoms with Crippen LogP contribution < -0.4 is 0 Å². The van der Waals surface area contributed by atoms with Gasteiger partial charge in [-0.05, 0) is 12.1 Å². The maximum atomic E-state index is 11.9. The first-order valence-electron chi connectivity index (χ1n) is 4.77. The van der Waals surface area contributed by atoms with Crippen LogP contribution in [0.4, 0.5) is 0 Å². The van der Waals surface area contributed by atoms with Gasteiger partial charge in [0.1, 0.15) is 0 Å². The number of esters is 1. The third kappa shape index (κ3) is 3.32. The van der Waals surface area contributed by atoms with Crippen molar-refractivity contribution in [1.82, 2.24) is 0 Å². The highest BCUT2D eigenvalue weighted by Crippen LogP contribution is 2.20. The largest absolute Gasteiger partial charge is 0.469 e. The van der Waals surface area contributed by atoms with E-state index < -0.39 is 16.7 Å². The number of halogens is 1. The summed E-state index contributed by atoms with van der Waals surface area (Å²) < 4.78 is 16.5. The lowest BCUT2D eigenvalue weighted by Gasteiger charge is -2.09. The van der Waals surface area contributed by atoms with Crippen molar-refractivity contribution in [2.45, 2.75) is 11.8 Å². The van der Waals surface area contributed by atoms with E-state index in [4.69, 9.17) is 11.6 Å². The second kappa shape index (κ2) is 6.01. The van der Waals surface area contributed by atoms with Crippen LogP contribution in [0.25, 0.3) is 0 Å². The number of carbonyl (C=O) groups excluding carboxylic acids is 1. The molecule has 0 heterocycles. The zero-order valence-corrected chi connectivity index (χ0v) is 10.7. The number of rotatable bonds is 4. The molecule has 0 fully saturated rings. The Hall–Kier alpha value is -0.870. The standard InChI is InChI=1S/C11H13ClO3S/c1-8(11(13)15-2)7-16(14)10-6-4-3-5-9(10)12/h3-6,8H,7H2,1-2H3. The SMILES string of the molecule is COC(=O)C(C)CS(=O)c1ccccc1Cl.